The van der Waals surface area contributed by atoms with Crippen molar-refractivity contribution in [2.45, 2.75) is 69.4 Å². The Balaban J connectivity index is 2.07. The number of hydrogen-bond donors (Lipinski definition) is 2. The Hall–Kier alpha value is -1.84. The molecule has 0 spiro atoms. The highest BCUT2D eigenvalue weighted by molar-refractivity contribution is 5.93. The van der Waals surface area contributed by atoms with Crippen LogP contribution in [0.4, 0.5) is 0 Å². The van der Waals surface area contributed by atoms with Crippen molar-refractivity contribution >= 4 is 10.9 Å². The fraction of sp³-hybridized carbons (Fsp3) is 0.538. The summed E-state index contributed by atoms with van der Waals surface area (Å²) in [5, 5.41) is 19.2. The molecular formula is C26H33N2O-. The second-order valence-electron chi connectivity index (χ2n) is 10.8. The van der Waals surface area contributed by atoms with Crippen LogP contribution in [0.5, 0.6) is 0 Å². The molecule has 3 aliphatic carbocycles. The Labute approximate surface area is 174 Å². The molecule has 3 heteroatoms. The van der Waals surface area contributed by atoms with E-state index in [9.17, 15) is 5.11 Å². The Bertz CT molecular complexity index is 1090. The molecule has 1 heterocycles. The van der Waals surface area contributed by atoms with Crippen LogP contribution in [-0.2, 0) is 16.4 Å². The third-order valence-corrected chi connectivity index (χ3v) is 9.21. The quantitative estimate of drug-likeness (QED) is 0.623. The molecule has 3 nitrogen and oxygen atoms in total. The lowest BCUT2D eigenvalue weighted by Crippen LogP contribution is -2.73. The highest BCUT2D eigenvalue weighted by atomic mass is 16.3. The first-order valence-corrected chi connectivity index (χ1v) is 10.8. The largest absolute Gasteiger partial charge is 0.653 e. The lowest BCUT2D eigenvalue weighted by molar-refractivity contribution is -0.159. The molecule has 29 heavy (non-hydrogen) atoms. The summed E-state index contributed by atoms with van der Waals surface area (Å²) in [6.07, 6.45) is 3.89. The zero-order chi connectivity index (χ0) is 21.2. The standard InChI is InChI=1S/C26H33N2O/c1-9-24(7)14-13-18-23(5,6)16-11-10-12-17-19(16)20-21(28-17)22(3,4)15(2)26(24,27-8)25(18,20)29/h9-12,18,28-29H,1-2,13-14H2,3-8H3/q-1/t18-,24+,25-,26-/m1/s1. The van der Waals surface area contributed by atoms with Gasteiger partial charge in [0.25, 0.3) is 0 Å². The smallest absolute Gasteiger partial charge is 0.0870 e. The lowest BCUT2D eigenvalue weighted by atomic mass is 9.38. The fourth-order valence-electron chi connectivity index (χ4n) is 7.57. The Morgan fingerprint density at radius 2 is 1.90 bits per heavy atom. The van der Waals surface area contributed by atoms with Gasteiger partial charge in [-0.15, -0.1) is 6.58 Å². The maximum absolute atomic E-state index is 13.0. The number of likely N-dealkylation sites (N-methyl/N-ethyl adjacent to an activating group) is 1. The van der Waals surface area contributed by atoms with Gasteiger partial charge in [0, 0.05) is 33.5 Å². The topological polar surface area (TPSA) is 50.1 Å². The van der Waals surface area contributed by atoms with Crippen LogP contribution < -0.4 is 0 Å². The van der Waals surface area contributed by atoms with Gasteiger partial charge in [-0.05, 0) is 35.3 Å². The molecule has 5 rings (SSSR count). The van der Waals surface area contributed by atoms with E-state index in [-0.39, 0.29) is 22.2 Å². The van der Waals surface area contributed by atoms with Gasteiger partial charge >= 0.3 is 0 Å². The molecule has 3 aliphatic rings. The molecular weight excluding hydrogens is 356 g/mol. The molecule has 0 unspecified atom stereocenters. The first kappa shape index (κ1) is 19.1. The number of hydrogen-bond acceptors (Lipinski definition) is 1. The number of aromatic amines is 1. The normalized spacial score (nSPS) is 38.9. The minimum absolute atomic E-state index is 0.0484. The predicted molar refractivity (Wildman–Crippen MR) is 120 cm³/mol. The van der Waals surface area contributed by atoms with Crippen LogP contribution >= 0.6 is 0 Å². The fourth-order valence-corrected chi connectivity index (χ4v) is 7.57. The summed E-state index contributed by atoms with van der Waals surface area (Å²) in [6.45, 7) is 20.1. The number of aromatic nitrogens is 1. The maximum Gasteiger partial charge on any atom is 0.0870 e. The molecule has 0 aliphatic heterocycles. The Morgan fingerprint density at radius 3 is 2.52 bits per heavy atom. The third kappa shape index (κ3) is 1.65. The van der Waals surface area contributed by atoms with E-state index in [4.69, 9.17) is 5.32 Å². The summed E-state index contributed by atoms with van der Waals surface area (Å²) in [5.41, 5.74) is 2.74. The molecule has 1 fully saturated rings. The number of benzene rings is 1. The first-order chi connectivity index (χ1) is 13.4. The third-order valence-electron chi connectivity index (χ3n) is 9.21. The van der Waals surface area contributed by atoms with Crippen LogP contribution in [0.15, 0.2) is 43.0 Å². The van der Waals surface area contributed by atoms with Gasteiger partial charge in [0.1, 0.15) is 0 Å². The summed E-state index contributed by atoms with van der Waals surface area (Å²) in [5.74, 6) is 0.0484. The van der Waals surface area contributed by atoms with Gasteiger partial charge in [0.2, 0.25) is 0 Å². The molecule has 1 aromatic heterocycles. The molecule has 1 aromatic carbocycles. The minimum atomic E-state index is -1.12. The molecule has 0 radical (unpaired) electrons. The highest BCUT2D eigenvalue weighted by Gasteiger charge is 2.70. The Morgan fingerprint density at radius 1 is 1.21 bits per heavy atom. The number of nitrogens with one attached hydrogen (secondary N) is 1. The zero-order valence-electron chi connectivity index (χ0n) is 18.6. The summed E-state index contributed by atoms with van der Waals surface area (Å²) < 4.78 is 0. The van der Waals surface area contributed by atoms with Crippen molar-refractivity contribution in [2.75, 3.05) is 7.05 Å². The van der Waals surface area contributed by atoms with Crippen LogP contribution in [0.2, 0.25) is 0 Å². The predicted octanol–water partition coefficient (Wildman–Crippen LogP) is 5.84. The van der Waals surface area contributed by atoms with Crippen molar-refractivity contribution in [2.24, 2.45) is 11.3 Å². The average Bonchev–Trinajstić information content (AvgIpc) is 3.07. The van der Waals surface area contributed by atoms with Crippen molar-refractivity contribution in [3.8, 4) is 0 Å². The molecule has 0 bridgehead atoms. The summed E-state index contributed by atoms with van der Waals surface area (Å²) in [4.78, 5) is 3.70. The average molecular weight is 390 g/mol. The zero-order valence-corrected chi connectivity index (χ0v) is 18.6. The second-order valence-corrected chi connectivity index (χ2v) is 10.8. The molecule has 0 amide bonds. The number of nitrogens with zero attached hydrogens (tertiary/aromatic N) is 1. The van der Waals surface area contributed by atoms with Crippen LogP contribution in [-0.4, -0.2) is 22.7 Å². The monoisotopic (exact) mass is 389 g/mol. The van der Waals surface area contributed by atoms with Crippen molar-refractivity contribution < 1.29 is 5.11 Å². The van der Waals surface area contributed by atoms with E-state index in [0.717, 1.165) is 35.2 Å². The van der Waals surface area contributed by atoms with E-state index in [1.165, 1.54) is 10.9 Å². The Kier molecular flexibility index (Phi) is 3.35. The van der Waals surface area contributed by atoms with Crippen LogP contribution in [0.1, 0.15) is 64.3 Å². The number of H-pyrrole nitrogens is 1. The second kappa shape index (κ2) is 5.07. The summed E-state index contributed by atoms with van der Waals surface area (Å²) in [7, 11) is 1.87. The van der Waals surface area contributed by atoms with E-state index < -0.39 is 11.1 Å². The van der Waals surface area contributed by atoms with Crippen molar-refractivity contribution in [1.29, 1.82) is 0 Å². The van der Waals surface area contributed by atoms with Crippen molar-refractivity contribution in [3.63, 3.8) is 0 Å². The van der Waals surface area contributed by atoms with Gasteiger partial charge in [-0.1, -0.05) is 70.5 Å². The molecule has 0 saturated heterocycles. The van der Waals surface area contributed by atoms with Crippen LogP contribution in [0, 0.1) is 11.3 Å². The maximum atomic E-state index is 13.0. The minimum Gasteiger partial charge on any atom is -0.653 e. The molecule has 1 saturated carbocycles. The summed E-state index contributed by atoms with van der Waals surface area (Å²) >= 11 is 0. The van der Waals surface area contributed by atoms with Crippen molar-refractivity contribution in [1.82, 2.24) is 4.98 Å². The van der Waals surface area contributed by atoms with E-state index in [1.54, 1.807) is 0 Å². The van der Waals surface area contributed by atoms with Gasteiger partial charge < -0.3 is 15.4 Å². The first-order valence-electron chi connectivity index (χ1n) is 10.8. The highest BCUT2D eigenvalue weighted by Crippen LogP contribution is 2.73. The number of rotatable bonds is 2. The van der Waals surface area contributed by atoms with E-state index >= 15 is 0 Å². The van der Waals surface area contributed by atoms with Gasteiger partial charge in [-0.2, -0.15) is 7.05 Å². The summed E-state index contributed by atoms with van der Waals surface area (Å²) in [6, 6.07) is 6.52. The lowest BCUT2D eigenvalue weighted by Gasteiger charge is -2.76. The van der Waals surface area contributed by atoms with Crippen LogP contribution in [0.3, 0.4) is 0 Å². The SMILES string of the molecule is C=C[C@@]1(C)CC[C@@H]2C(C)(C)c3cccc4[nH]c5c(c34)[C@@]2(O)[C@@]1([N-]C)C(=C)C5(C)C. The van der Waals surface area contributed by atoms with Gasteiger partial charge in [-0.3, -0.25) is 0 Å². The number of aliphatic hydroxyl groups is 1. The van der Waals surface area contributed by atoms with Gasteiger partial charge in [0.15, 0.2) is 0 Å². The van der Waals surface area contributed by atoms with E-state index in [0.29, 0.717) is 0 Å². The van der Waals surface area contributed by atoms with E-state index in [2.05, 4.69) is 71.0 Å². The van der Waals surface area contributed by atoms with E-state index in [1.807, 2.05) is 13.1 Å². The molecule has 4 atom stereocenters. The molecule has 154 valence electrons. The van der Waals surface area contributed by atoms with Gasteiger partial charge in [0.05, 0.1) is 5.60 Å². The molecule has 2 N–H and O–H groups in total. The van der Waals surface area contributed by atoms with Gasteiger partial charge in [-0.25, -0.2) is 0 Å². The molecule has 2 aromatic rings. The van der Waals surface area contributed by atoms with Crippen molar-refractivity contribution in [3.05, 3.63) is 65.1 Å². The van der Waals surface area contributed by atoms with Crippen LogP contribution in [0.25, 0.3) is 16.2 Å².